The van der Waals surface area contributed by atoms with Crippen LogP contribution in [0.3, 0.4) is 0 Å². The van der Waals surface area contributed by atoms with Crippen molar-refractivity contribution in [1.82, 2.24) is 5.32 Å². The lowest BCUT2D eigenvalue weighted by atomic mass is 10.0. The van der Waals surface area contributed by atoms with Crippen molar-refractivity contribution in [3.05, 3.63) is 29.8 Å². The number of hydrogen-bond acceptors (Lipinski definition) is 2. The maximum Gasteiger partial charge on any atom is 0.118 e. The van der Waals surface area contributed by atoms with Gasteiger partial charge in [0, 0.05) is 12.1 Å². The standard InChI is InChI=1S/C19H33NO/c1-5-7-9-18(8-6-2)20-16(3)10-11-17-12-14-19(21-4)15-13-17/h12-16,18,20H,5-11H2,1-4H3. The van der Waals surface area contributed by atoms with Crippen LogP contribution < -0.4 is 10.1 Å². The molecule has 2 atom stereocenters. The van der Waals surface area contributed by atoms with E-state index in [9.17, 15) is 0 Å². The molecule has 0 aliphatic heterocycles. The van der Waals surface area contributed by atoms with E-state index in [-0.39, 0.29) is 0 Å². The highest BCUT2D eigenvalue weighted by atomic mass is 16.5. The quantitative estimate of drug-likeness (QED) is 0.622. The van der Waals surface area contributed by atoms with Crippen molar-refractivity contribution in [1.29, 1.82) is 0 Å². The molecule has 120 valence electrons. The molecule has 1 aromatic carbocycles. The number of benzene rings is 1. The zero-order chi connectivity index (χ0) is 15.5. The number of nitrogens with one attached hydrogen (secondary N) is 1. The predicted octanol–water partition coefficient (Wildman–Crippen LogP) is 4.96. The van der Waals surface area contributed by atoms with Gasteiger partial charge in [0.15, 0.2) is 0 Å². The summed E-state index contributed by atoms with van der Waals surface area (Å²) < 4.78 is 5.20. The monoisotopic (exact) mass is 291 g/mol. The fourth-order valence-electron chi connectivity index (χ4n) is 2.77. The van der Waals surface area contributed by atoms with Gasteiger partial charge in [-0.1, -0.05) is 45.2 Å². The smallest absolute Gasteiger partial charge is 0.118 e. The fraction of sp³-hybridized carbons (Fsp3) is 0.684. The maximum absolute atomic E-state index is 5.20. The normalized spacial score (nSPS) is 13.9. The van der Waals surface area contributed by atoms with Gasteiger partial charge in [-0.3, -0.25) is 0 Å². The summed E-state index contributed by atoms with van der Waals surface area (Å²) in [5.74, 6) is 0.937. The molecule has 2 nitrogen and oxygen atoms in total. The van der Waals surface area contributed by atoms with E-state index in [1.165, 1.54) is 44.1 Å². The van der Waals surface area contributed by atoms with Gasteiger partial charge in [0.25, 0.3) is 0 Å². The molecule has 0 fully saturated rings. The second kappa shape index (κ2) is 10.7. The van der Waals surface area contributed by atoms with Crippen LogP contribution in [0.15, 0.2) is 24.3 Å². The van der Waals surface area contributed by atoms with E-state index in [1.54, 1.807) is 7.11 Å². The molecule has 0 aromatic heterocycles. The molecule has 0 spiro atoms. The van der Waals surface area contributed by atoms with Gasteiger partial charge < -0.3 is 10.1 Å². The van der Waals surface area contributed by atoms with E-state index in [4.69, 9.17) is 4.74 Å². The molecule has 0 aliphatic carbocycles. The first-order chi connectivity index (χ1) is 10.2. The Balaban J connectivity index is 2.34. The Labute approximate surface area is 131 Å². The first-order valence-corrected chi connectivity index (χ1v) is 8.58. The Morgan fingerprint density at radius 3 is 2.29 bits per heavy atom. The average Bonchev–Trinajstić information content (AvgIpc) is 2.51. The van der Waals surface area contributed by atoms with Crippen molar-refractivity contribution < 1.29 is 4.74 Å². The SMILES string of the molecule is CCCCC(CCC)NC(C)CCc1ccc(OC)cc1. The second-order valence-corrected chi connectivity index (χ2v) is 6.08. The number of hydrogen-bond donors (Lipinski definition) is 1. The van der Waals surface area contributed by atoms with E-state index in [0.29, 0.717) is 12.1 Å². The summed E-state index contributed by atoms with van der Waals surface area (Å²) in [4.78, 5) is 0. The molecule has 0 bridgehead atoms. The number of ether oxygens (including phenoxy) is 1. The lowest BCUT2D eigenvalue weighted by Gasteiger charge is -2.23. The van der Waals surface area contributed by atoms with E-state index in [0.717, 1.165) is 12.2 Å². The fourth-order valence-corrected chi connectivity index (χ4v) is 2.77. The van der Waals surface area contributed by atoms with Crippen molar-refractivity contribution in [2.75, 3.05) is 7.11 Å². The van der Waals surface area contributed by atoms with Crippen LogP contribution in [0.1, 0.15) is 64.9 Å². The number of rotatable bonds is 11. The summed E-state index contributed by atoms with van der Waals surface area (Å²) in [6.07, 6.45) is 8.84. The second-order valence-electron chi connectivity index (χ2n) is 6.08. The van der Waals surface area contributed by atoms with Crippen LogP contribution in [0.5, 0.6) is 5.75 Å². The first-order valence-electron chi connectivity index (χ1n) is 8.58. The maximum atomic E-state index is 5.20. The Bertz CT molecular complexity index is 360. The van der Waals surface area contributed by atoms with E-state index in [2.05, 4.69) is 50.4 Å². The molecule has 2 unspecified atom stereocenters. The van der Waals surface area contributed by atoms with Crippen molar-refractivity contribution in [3.63, 3.8) is 0 Å². The summed E-state index contributed by atoms with van der Waals surface area (Å²) >= 11 is 0. The molecule has 0 heterocycles. The summed E-state index contributed by atoms with van der Waals surface area (Å²) in [5, 5.41) is 3.82. The predicted molar refractivity (Wildman–Crippen MR) is 92.1 cm³/mol. The third-order valence-corrected chi connectivity index (χ3v) is 4.09. The van der Waals surface area contributed by atoms with Crippen LogP contribution in [0.25, 0.3) is 0 Å². The van der Waals surface area contributed by atoms with Gasteiger partial charge in [0.2, 0.25) is 0 Å². The molecule has 0 saturated heterocycles. The first kappa shape index (κ1) is 18.0. The van der Waals surface area contributed by atoms with Crippen LogP contribution in [0.2, 0.25) is 0 Å². The Kier molecular flexibility index (Phi) is 9.16. The van der Waals surface area contributed by atoms with Crippen molar-refractivity contribution in [2.45, 2.75) is 77.8 Å². The minimum absolute atomic E-state index is 0.584. The summed E-state index contributed by atoms with van der Waals surface area (Å²) in [6.45, 7) is 6.87. The van der Waals surface area contributed by atoms with Crippen LogP contribution in [0.4, 0.5) is 0 Å². The molecular weight excluding hydrogens is 258 g/mol. The number of methoxy groups -OCH3 is 1. The molecule has 2 heteroatoms. The molecular formula is C19H33NO. The Hall–Kier alpha value is -1.02. The highest BCUT2D eigenvalue weighted by molar-refractivity contribution is 5.27. The number of aryl methyl sites for hydroxylation is 1. The molecule has 21 heavy (non-hydrogen) atoms. The molecule has 0 aliphatic rings. The summed E-state index contributed by atoms with van der Waals surface area (Å²) in [5.41, 5.74) is 1.39. The minimum atomic E-state index is 0.584. The summed E-state index contributed by atoms with van der Waals surface area (Å²) in [7, 11) is 1.71. The third kappa shape index (κ3) is 7.52. The third-order valence-electron chi connectivity index (χ3n) is 4.09. The molecule has 1 N–H and O–H groups in total. The Morgan fingerprint density at radius 1 is 1.00 bits per heavy atom. The highest BCUT2D eigenvalue weighted by Crippen LogP contribution is 2.14. The molecule has 0 amide bonds. The largest absolute Gasteiger partial charge is 0.497 e. The zero-order valence-electron chi connectivity index (χ0n) is 14.3. The van der Waals surface area contributed by atoms with E-state index >= 15 is 0 Å². The van der Waals surface area contributed by atoms with Crippen molar-refractivity contribution in [2.24, 2.45) is 0 Å². The van der Waals surface area contributed by atoms with Crippen molar-refractivity contribution in [3.8, 4) is 5.75 Å². The van der Waals surface area contributed by atoms with E-state index in [1.807, 2.05) is 0 Å². The minimum Gasteiger partial charge on any atom is -0.497 e. The summed E-state index contributed by atoms with van der Waals surface area (Å²) in [6, 6.07) is 9.72. The highest BCUT2D eigenvalue weighted by Gasteiger charge is 2.11. The molecule has 0 saturated carbocycles. The molecule has 1 aromatic rings. The zero-order valence-corrected chi connectivity index (χ0v) is 14.3. The molecule has 0 radical (unpaired) electrons. The van der Waals surface area contributed by atoms with Crippen molar-refractivity contribution >= 4 is 0 Å². The lowest BCUT2D eigenvalue weighted by Crippen LogP contribution is -2.36. The number of unbranched alkanes of at least 4 members (excludes halogenated alkanes) is 1. The van der Waals surface area contributed by atoms with Gasteiger partial charge in [-0.25, -0.2) is 0 Å². The van der Waals surface area contributed by atoms with Gasteiger partial charge >= 0.3 is 0 Å². The van der Waals surface area contributed by atoms with Gasteiger partial charge in [-0.2, -0.15) is 0 Å². The van der Waals surface area contributed by atoms with Gasteiger partial charge in [-0.05, 0) is 50.3 Å². The van der Waals surface area contributed by atoms with Crippen LogP contribution in [0, 0.1) is 0 Å². The topological polar surface area (TPSA) is 21.3 Å². The van der Waals surface area contributed by atoms with Gasteiger partial charge in [0.1, 0.15) is 5.75 Å². The van der Waals surface area contributed by atoms with E-state index < -0.39 is 0 Å². The average molecular weight is 291 g/mol. The van der Waals surface area contributed by atoms with Crippen LogP contribution in [-0.2, 0) is 6.42 Å². The molecule has 1 rings (SSSR count). The van der Waals surface area contributed by atoms with Gasteiger partial charge in [-0.15, -0.1) is 0 Å². The van der Waals surface area contributed by atoms with Gasteiger partial charge in [0.05, 0.1) is 7.11 Å². The van der Waals surface area contributed by atoms with Crippen LogP contribution in [-0.4, -0.2) is 19.2 Å². The van der Waals surface area contributed by atoms with Crippen LogP contribution >= 0.6 is 0 Å². The Morgan fingerprint density at radius 2 is 1.71 bits per heavy atom. The lowest BCUT2D eigenvalue weighted by molar-refractivity contribution is 0.379.